The monoisotopic (exact) mass is 476 g/mol. The van der Waals surface area contributed by atoms with Gasteiger partial charge in [-0.1, -0.05) is 23.4 Å². The predicted molar refractivity (Wildman–Crippen MR) is 115 cm³/mol. The van der Waals surface area contributed by atoms with E-state index in [4.69, 9.17) is 26.2 Å². The zero-order valence-corrected chi connectivity index (χ0v) is 18.7. The Morgan fingerprint density at radius 3 is 2.57 bits per heavy atom. The van der Waals surface area contributed by atoms with Gasteiger partial charge in [-0.3, -0.25) is 9.59 Å². The number of amidine groups is 1. The van der Waals surface area contributed by atoms with Crippen LogP contribution < -0.4 is 14.4 Å². The van der Waals surface area contributed by atoms with Crippen molar-refractivity contribution in [3.05, 3.63) is 17.2 Å². The predicted octanol–water partition coefficient (Wildman–Crippen LogP) is 2.21. The van der Waals surface area contributed by atoms with Crippen LogP contribution in [0.1, 0.15) is 19.3 Å². The first-order valence-corrected chi connectivity index (χ1v) is 12.1. The highest BCUT2D eigenvalue weighted by atomic mass is 35.5. The summed E-state index contributed by atoms with van der Waals surface area (Å²) in [5.41, 5.74) is 0.484. The molecule has 2 heterocycles. The van der Waals surface area contributed by atoms with Crippen molar-refractivity contribution in [3.63, 3.8) is 0 Å². The average Bonchev–Trinajstić information content (AvgIpc) is 3.11. The third-order valence-corrected chi connectivity index (χ3v) is 8.29. The van der Waals surface area contributed by atoms with Gasteiger partial charge in [0.15, 0.2) is 15.0 Å². The molecule has 0 unspecified atom stereocenters. The molecule has 9 nitrogen and oxygen atoms in total. The summed E-state index contributed by atoms with van der Waals surface area (Å²) < 4.78 is 35.1. The number of aliphatic carboxylic acids is 1. The van der Waals surface area contributed by atoms with Crippen molar-refractivity contribution >= 4 is 55.9 Å². The minimum absolute atomic E-state index is 0.0155. The highest BCUT2D eigenvalue weighted by Crippen LogP contribution is 2.46. The van der Waals surface area contributed by atoms with Crippen molar-refractivity contribution < 1.29 is 32.6 Å². The van der Waals surface area contributed by atoms with Gasteiger partial charge in [-0.05, 0) is 12.5 Å². The standard InChI is InChI=1S/C18H21ClN2O7S2/c1-27-13-7-14(28-2)11(6-10(13)19)21-12-8-30(25,26)9-15(12)29-18(21)20-16(22)4-3-5-17(23)24/h6-7,12,15H,3-5,8-9H2,1-2H3,(H,23,24)/t12-,15+/m1/s1. The summed E-state index contributed by atoms with van der Waals surface area (Å²) in [6, 6.07) is 2.76. The second-order valence-corrected chi connectivity index (χ2v) is 10.6. The number of halogens is 1. The number of hydrogen-bond acceptors (Lipinski definition) is 7. The Labute approximate surface area is 183 Å². The summed E-state index contributed by atoms with van der Waals surface area (Å²) in [6.07, 6.45) is 0.0335. The minimum Gasteiger partial charge on any atom is -0.495 e. The number of anilines is 1. The van der Waals surface area contributed by atoms with E-state index < -0.39 is 27.8 Å². The van der Waals surface area contributed by atoms with Gasteiger partial charge in [0, 0.05) is 24.2 Å². The number of benzene rings is 1. The number of carbonyl (C=O) groups is 2. The number of rotatable bonds is 7. The lowest BCUT2D eigenvalue weighted by atomic mass is 10.1. The SMILES string of the molecule is COc1cc(OC)c(N2C(=NC(=O)CCCC(=O)O)S[C@H]3CS(=O)(=O)C[C@H]32)cc1Cl. The fourth-order valence-corrected chi connectivity index (χ4v) is 7.59. The summed E-state index contributed by atoms with van der Waals surface area (Å²) in [5.74, 6) is -0.758. The third kappa shape index (κ3) is 4.84. The summed E-state index contributed by atoms with van der Waals surface area (Å²) in [5, 5.41) is 9.09. The molecule has 0 bridgehead atoms. The van der Waals surface area contributed by atoms with Crippen molar-refractivity contribution in [3.8, 4) is 11.5 Å². The number of carboxylic acids is 1. The number of nitrogens with zero attached hydrogens (tertiary/aromatic N) is 2. The highest BCUT2D eigenvalue weighted by Gasteiger charge is 2.50. The molecule has 1 amide bonds. The van der Waals surface area contributed by atoms with E-state index in [1.807, 2.05) is 0 Å². The Bertz CT molecular complexity index is 996. The number of hydrogen-bond donors (Lipinski definition) is 1. The van der Waals surface area contributed by atoms with Crippen molar-refractivity contribution in [1.29, 1.82) is 0 Å². The van der Waals surface area contributed by atoms with E-state index in [-0.39, 0.29) is 36.0 Å². The van der Waals surface area contributed by atoms with Crippen LogP contribution in [-0.4, -0.2) is 67.6 Å². The first-order chi connectivity index (χ1) is 14.1. The van der Waals surface area contributed by atoms with Crippen LogP contribution in [0.25, 0.3) is 0 Å². The molecule has 1 N–H and O–H groups in total. The van der Waals surface area contributed by atoms with Gasteiger partial charge in [-0.15, -0.1) is 0 Å². The zero-order chi connectivity index (χ0) is 22.1. The quantitative estimate of drug-likeness (QED) is 0.630. The molecule has 2 aliphatic heterocycles. The number of fused-ring (bicyclic) bond motifs is 1. The molecular weight excluding hydrogens is 456 g/mol. The van der Waals surface area contributed by atoms with Crippen LogP contribution in [-0.2, 0) is 19.4 Å². The van der Waals surface area contributed by atoms with Crippen LogP contribution in [0, 0.1) is 0 Å². The largest absolute Gasteiger partial charge is 0.495 e. The maximum Gasteiger partial charge on any atom is 0.303 e. The number of amides is 1. The molecule has 0 spiro atoms. The van der Waals surface area contributed by atoms with E-state index in [0.29, 0.717) is 27.4 Å². The van der Waals surface area contributed by atoms with E-state index in [1.54, 1.807) is 17.0 Å². The summed E-state index contributed by atoms with van der Waals surface area (Å²) >= 11 is 7.51. The lowest BCUT2D eigenvalue weighted by Crippen LogP contribution is -2.38. The van der Waals surface area contributed by atoms with E-state index in [9.17, 15) is 18.0 Å². The smallest absolute Gasteiger partial charge is 0.303 e. The first kappa shape index (κ1) is 22.7. The van der Waals surface area contributed by atoms with Gasteiger partial charge >= 0.3 is 5.97 Å². The lowest BCUT2D eigenvalue weighted by molar-refractivity contribution is -0.137. The second kappa shape index (κ2) is 9.03. The zero-order valence-electron chi connectivity index (χ0n) is 16.3. The molecule has 2 aliphatic rings. The Morgan fingerprint density at radius 2 is 1.93 bits per heavy atom. The van der Waals surface area contributed by atoms with Gasteiger partial charge in [0.1, 0.15) is 11.5 Å². The van der Waals surface area contributed by atoms with Crippen molar-refractivity contribution in [1.82, 2.24) is 0 Å². The van der Waals surface area contributed by atoms with Crippen LogP contribution >= 0.6 is 23.4 Å². The summed E-state index contributed by atoms with van der Waals surface area (Å²) in [6.45, 7) is 0. The maximum absolute atomic E-state index is 12.3. The lowest BCUT2D eigenvalue weighted by Gasteiger charge is -2.26. The molecule has 2 atom stereocenters. The van der Waals surface area contributed by atoms with Gasteiger partial charge < -0.3 is 19.5 Å². The number of carbonyl (C=O) groups excluding carboxylic acids is 1. The molecule has 2 saturated heterocycles. The topological polar surface area (TPSA) is 123 Å². The highest BCUT2D eigenvalue weighted by molar-refractivity contribution is 8.16. The Hall–Kier alpha value is -1.98. The Kier molecular flexibility index (Phi) is 6.83. The van der Waals surface area contributed by atoms with Crippen molar-refractivity contribution in [2.75, 3.05) is 30.6 Å². The maximum atomic E-state index is 12.3. The molecule has 0 radical (unpaired) electrons. The summed E-state index contributed by atoms with van der Waals surface area (Å²) in [7, 11) is -0.300. The number of carboxylic acid groups (broad SMARTS) is 1. The number of methoxy groups -OCH3 is 2. The fraction of sp³-hybridized carbons (Fsp3) is 0.500. The second-order valence-electron chi connectivity index (χ2n) is 6.86. The van der Waals surface area contributed by atoms with Gasteiger partial charge in [0.2, 0.25) is 5.91 Å². The number of sulfone groups is 1. The van der Waals surface area contributed by atoms with Crippen LogP contribution in [0.3, 0.4) is 0 Å². The third-order valence-electron chi connectivity index (χ3n) is 4.78. The first-order valence-electron chi connectivity index (χ1n) is 9.06. The van der Waals surface area contributed by atoms with Gasteiger partial charge in [0.25, 0.3) is 0 Å². The number of aliphatic imine (C=N–C) groups is 1. The van der Waals surface area contributed by atoms with Crippen LogP contribution in [0.5, 0.6) is 11.5 Å². The molecule has 0 aliphatic carbocycles. The molecule has 0 aromatic heterocycles. The Morgan fingerprint density at radius 1 is 1.23 bits per heavy atom. The van der Waals surface area contributed by atoms with Gasteiger partial charge in [-0.2, -0.15) is 4.99 Å². The average molecular weight is 477 g/mol. The molecule has 12 heteroatoms. The van der Waals surface area contributed by atoms with E-state index >= 15 is 0 Å². The van der Waals surface area contributed by atoms with Crippen molar-refractivity contribution in [2.45, 2.75) is 30.6 Å². The normalized spacial score (nSPS) is 23.4. The van der Waals surface area contributed by atoms with Crippen LogP contribution in [0.15, 0.2) is 17.1 Å². The molecule has 3 rings (SSSR count). The molecule has 2 fully saturated rings. The van der Waals surface area contributed by atoms with Crippen LogP contribution in [0.2, 0.25) is 5.02 Å². The number of ether oxygens (including phenoxy) is 2. The molecule has 1 aromatic rings. The summed E-state index contributed by atoms with van der Waals surface area (Å²) in [4.78, 5) is 28.8. The number of thioether (sulfide) groups is 1. The molecule has 30 heavy (non-hydrogen) atoms. The fourth-order valence-electron chi connectivity index (χ4n) is 3.43. The van der Waals surface area contributed by atoms with E-state index in [2.05, 4.69) is 4.99 Å². The van der Waals surface area contributed by atoms with E-state index in [0.717, 1.165) is 0 Å². The minimum atomic E-state index is -3.23. The molecule has 0 saturated carbocycles. The van der Waals surface area contributed by atoms with Crippen LogP contribution in [0.4, 0.5) is 5.69 Å². The van der Waals surface area contributed by atoms with Gasteiger partial charge in [-0.25, -0.2) is 8.42 Å². The van der Waals surface area contributed by atoms with Gasteiger partial charge in [0.05, 0.1) is 42.5 Å². The van der Waals surface area contributed by atoms with Crippen molar-refractivity contribution in [2.24, 2.45) is 4.99 Å². The molecule has 1 aromatic carbocycles. The molecule has 164 valence electrons. The molecular formula is C18H21ClN2O7S2. The van der Waals surface area contributed by atoms with E-state index in [1.165, 1.54) is 26.0 Å². The Balaban J connectivity index is 1.98.